The molecule has 11 aromatic rings. The van der Waals surface area contributed by atoms with Gasteiger partial charge in [0, 0.05) is 24.2 Å². The van der Waals surface area contributed by atoms with Gasteiger partial charge in [0.05, 0.1) is 0 Å². The maximum absolute atomic E-state index is 6.81. The third kappa shape index (κ3) is 9.76. The van der Waals surface area contributed by atoms with Crippen molar-refractivity contribution in [2.75, 3.05) is 0 Å². The zero-order valence-corrected chi connectivity index (χ0v) is 48.9. The number of nitrogens with zero attached hydrogens (tertiary/aromatic N) is 5. The van der Waals surface area contributed by atoms with E-state index in [2.05, 4.69) is 268 Å². The van der Waals surface area contributed by atoms with Crippen LogP contribution in [0.25, 0.3) is 83.4 Å². The van der Waals surface area contributed by atoms with Gasteiger partial charge in [0.1, 0.15) is 0 Å². The summed E-state index contributed by atoms with van der Waals surface area (Å²) in [4.78, 5) is 9.27. The molecule has 6 nitrogen and oxygen atoms in total. The molecule has 0 N–H and O–H groups in total. The fourth-order valence-electron chi connectivity index (χ4n) is 10.5. The molecule has 4 aromatic heterocycles. The maximum atomic E-state index is 6.81. The van der Waals surface area contributed by atoms with Gasteiger partial charge in [-0.3, -0.25) is 4.98 Å². The van der Waals surface area contributed by atoms with Crippen molar-refractivity contribution in [3.05, 3.63) is 214 Å². The van der Waals surface area contributed by atoms with Gasteiger partial charge in [-0.25, -0.2) is 0 Å². The van der Waals surface area contributed by atoms with Crippen LogP contribution in [-0.2, 0) is 41.0 Å². The van der Waals surface area contributed by atoms with Crippen molar-refractivity contribution in [1.29, 1.82) is 0 Å². The van der Waals surface area contributed by atoms with Crippen LogP contribution in [0, 0.1) is 22.9 Å². The second kappa shape index (κ2) is 19.3. The summed E-state index contributed by atoms with van der Waals surface area (Å²) >= 11 is 2.54. The van der Waals surface area contributed by atoms with Crippen molar-refractivity contribution in [2.24, 2.45) is 0 Å². The summed E-state index contributed by atoms with van der Waals surface area (Å²) < 4.78 is 14.8. The number of para-hydroxylation sites is 4. The summed E-state index contributed by atoms with van der Waals surface area (Å²) in [6.45, 7) is 30.0. The summed E-state index contributed by atoms with van der Waals surface area (Å²) in [5.41, 5.74) is 19.1. The molecule has 0 amide bonds. The van der Waals surface area contributed by atoms with E-state index < -0.39 is 0 Å². The van der Waals surface area contributed by atoms with Crippen LogP contribution in [0.3, 0.4) is 0 Å². The Morgan fingerprint density at radius 3 is 1.53 bits per heavy atom. The van der Waals surface area contributed by atoms with Crippen molar-refractivity contribution in [3.8, 4) is 62.1 Å². The first-order valence-electron chi connectivity index (χ1n) is 26.7. The number of aromatic nitrogens is 5. The van der Waals surface area contributed by atoms with Crippen molar-refractivity contribution >= 4 is 32.8 Å². The van der Waals surface area contributed by atoms with Crippen LogP contribution in [0.5, 0.6) is 11.5 Å². The van der Waals surface area contributed by atoms with Crippen molar-refractivity contribution in [2.45, 2.75) is 112 Å². The minimum absolute atomic E-state index is 0.0667. The van der Waals surface area contributed by atoms with Crippen LogP contribution in [0.1, 0.15) is 111 Å². The van der Waals surface area contributed by atoms with Crippen LogP contribution in [0.2, 0.25) is 0 Å². The molecule has 0 saturated carbocycles. The van der Waals surface area contributed by atoms with Crippen molar-refractivity contribution in [1.82, 2.24) is 23.7 Å². The number of hydrogen-bond donors (Lipinski definition) is 0. The molecule has 7 heteroatoms. The monoisotopic (exact) mass is 1190 g/mol. The minimum Gasteiger partial charge on any atom is -0.265 e. The Labute approximate surface area is 465 Å². The molecule has 0 aliphatic heterocycles. The Balaban J connectivity index is 1.08. The number of pyridine rings is 2. The standard InChI is InChI=1S/C70H67N5O.Pt/c1-45-34-65(72-43-60(45)46-30-32-71-33-31-46)75-61-25-15-14-22-58(61)59-29-28-55(42-64(59)75)76-54-21-18-20-53(41-54)73-44-74(63-27-17-16-26-62(63)73)66-56(47-35-49(67(2,3)4)39-50(36-47)68(5,6)7)23-19-24-57(66)48-37-51(69(8,9)10)40-52(38-48)70(11,12)13;/h14-40,43H,1-13H3;/q-2;. The molecule has 0 aliphatic carbocycles. The number of benzene rings is 7. The number of hydrogen-bond acceptors (Lipinski definition) is 3. The van der Waals surface area contributed by atoms with E-state index >= 15 is 0 Å². The van der Waals surface area contributed by atoms with E-state index in [1.54, 1.807) is 0 Å². The van der Waals surface area contributed by atoms with E-state index in [0.717, 1.165) is 70.5 Å². The van der Waals surface area contributed by atoms with Gasteiger partial charge in [0.25, 0.3) is 0 Å². The summed E-state index contributed by atoms with van der Waals surface area (Å²) in [5, 5.41) is 2.19. The van der Waals surface area contributed by atoms with Crippen LogP contribution in [0.4, 0.5) is 0 Å². The van der Waals surface area contributed by atoms with Crippen LogP contribution in [0.15, 0.2) is 170 Å². The van der Waals surface area contributed by atoms with Gasteiger partial charge < -0.3 is 0 Å². The quantitative estimate of drug-likeness (QED) is 0.142. The molecule has 0 bridgehead atoms. The van der Waals surface area contributed by atoms with Gasteiger partial charge in [0.2, 0.25) is 0 Å². The van der Waals surface area contributed by atoms with E-state index in [4.69, 9.17) is 9.72 Å². The SMILES string of the molecule is Cc1cc(-n2c3[c-]c(Oc4[c-]c(-n5[c](=[Pt])n(-c6c(-c7cc(C(C)(C)C)cc(C(C)(C)C)c7)cccc6-c6cc(C(C)(C)C)cc(C(C)(C)C)c6)c6ccccc65)ccc4)ccc3c3ccccc32)ncc1-c1ccncc1. The van der Waals surface area contributed by atoms with Crippen LogP contribution in [-0.4, -0.2) is 23.7 Å². The molecule has 0 fully saturated rings. The zero-order chi connectivity index (χ0) is 54.3. The molecule has 0 atom stereocenters. The Kier molecular flexibility index (Phi) is 12.9. The van der Waals surface area contributed by atoms with E-state index in [0.29, 0.717) is 11.5 Å². The molecule has 0 spiro atoms. The van der Waals surface area contributed by atoms with Crippen molar-refractivity contribution < 1.29 is 24.1 Å². The summed E-state index contributed by atoms with van der Waals surface area (Å²) in [6.07, 6.45) is 5.59. The first kappa shape index (κ1) is 51.7. The summed E-state index contributed by atoms with van der Waals surface area (Å²) in [5.74, 6) is 1.98. The van der Waals surface area contributed by atoms with Gasteiger partial charge in [-0.1, -0.05) is 12.1 Å². The molecule has 0 radical (unpaired) electrons. The number of aryl methyl sites for hydroxylation is 1. The Morgan fingerprint density at radius 1 is 0.455 bits per heavy atom. The predicted octanol–water partition coefficient (Wildman–Crippen LogP) is 18.3. The van der Waals surface area contributed by atoms with Gasteiger partial charge in [-0.05, 0) is 30.2 Å². The second-order valence-corrected chi connectivity index (χ2v) is 25.8. The fourth-order valence-corrected chi connectivity index (χ4v) is 11.6. The fraction of sp³-hybridized carbons (Fsp3) is 0.243. The van der Waals surface area contributed by atoms with Crippen LogP contribution < -0.4 is 4.74 Å². The first-order valence-corrected chi connectivity index (χ1v) is 27.8. The molecule has 4 heterocycles. The van der Waals surface area contributed by atoms with Crippen LogP contribution >= 0.6 is 0 Å². The van der Waals surface area contributed by atoms with Gasteiger partial charge in [0.15, 0.2) is 0 Å². The molecule has 390 valence electrons. The van der Waals surface area contributed by atoms with E-state index in [9.17, 15) is 0 Å². The Hall–Kier alpha value is -7.40. The first-order chi connectivity index (χ1) is 36.5. The second-order valence-electron chi connectivity index (χ2n) is 24.7. The average Bonchev–Trinajstić information content (AvgIpc) is 3.96. The van der Waals surface area contributed by atoms with E-state index in [-0.39, 0.29) is 21.7 Å². The molecule has 0 saturated heterocycles. The van der Waals surface area contributed by atoms with Gasteiger partial charge in [-0.15, -0.1) is 0 Å². The number of ether oxygens (including phenoxy) is 1. The van der Waals surface area contributed by atoms with Gasteiger partial charge >= 0.3 is 397 Å². The predicted molar refractivity (Wildman–Crippen MR) is 316 cm³/mol. The number of imidazole rings is 1. The Morgan fingerprint density at radius 2 is 0.974 bits per heavy atom. The molecule has 7 aromatic carbocycles. The number of fused-ring (bicyclic) bond motifs is 4. The zero-order valence-electron chi connectivity index (χ0n) is 46.6. The topological polar surface area (TPSA) is 49.8 Å². The van der Waals surface area contributed by atoms with E-state index in [1.807, 2.05) is 42.9 Å². The molecule has 0 unspecified atom stereocenters. The van der Waals surface area contributed by atoms with Gasteiger partial charge in [-0.2, -0.15) is 0 Å². The molecule has 0 aliphatic rings. The van der Waals surface area contributed by atoms with E-state index in [1.165, 1.54) is 44.5 Å². The molecular formula is C70H67N5OPt-2. The summed E-state index contributed by atoms with van der Waals surface area (Å²) in [7, 11) is 0. The smallest absolute Gasteiger partial charge is 0.265 e. The molecular weight excluding hydrogens is 1120 g/mol. The summed E-state index contributed by atoms with van der Waals surface area (Å²) in [6, 6.07) is 62.5. The third-order valence-electron chi connectivity index (χ3n) is 15.0. The normalized spacial score (nSPS) is 12.6. The Bertz CT molecular complexity index is 3990. The average molecular weight is 1190 g/mol. The van der Waals surface area contributed by atoms with Crippen molar-refractivity contribution in [3.63, 3.8) is 0 Å². The molecule has 77 heavy (non-hydrogen) atoms. The third-order valence-corrected chi connectivity index (χ3v) is 16.0. The minimum atomic E-state index is -0.0667. The number of rotatable bonds is 8. The molecule has 11 rings (SSSR count).